The summed E-state index contributed by atoms with van der Waals surface area (Å²) in [5, 5.41) is 11.2. The monoisotopic (exact) mass is 335 g/mol. The van der Waals surface area contributed by atoms with Gasteiger partial charge in [-0.1, -0.05) is 39.0 Å². The van der Waals surface area contributed by atoms with Crippen molar-refractivity contribution in [2.75, 3.05) is 5.32 Å². The Hall–Kier alpha value is -2.95. The van der Waals surface area contributed by atoms with Crippen molar-refractivity contribution in [2.24, 2.45) is 5.41 Å². The van der Waals surface area contributed by atoms with E-state index >= 15 is 0 Å². The summed E-state index contributed by atoms with van der Waals surface area (Å²) in [7, 11) is 0. The molecule has 0 aliphatic heterocycles. The zero-order chi connectivity index (χ0) is 18.0. The van der Waals surface area contributed by atoms with Crippen LogP contribution in [0.15, 0.2) is 52.9 Å². The third kappa shape index (κ3) is 3.76. The molecule has 3 aromatic rings. The number of nitrogens with zero attached hydrogens (tertiary/aromatic N) is 2. The molecule has 1 heterocycles. The predicted octanol–water partition coefficient (Wildman–Crippen LogP) is 4.70. The third-order valence-electron chi connectivity index (χ3n) is 3.87. The summed E-state index contributed by atoms with van der Waals surface area (Å²) in [5.41, 5.74) is 3.12. The minimum absolute atomic E-state index is 0.0279. The van der Waals surface area contributed by atoms with Gasteiger partial charge in [0.25, 0.3) is 0 Å². The average Bonchev–Trinajstić information content (AvgIpc) is 3.05. The van der Waals surface area contributed by atoms with E-state index < -0.39 is 5.41 Å². The summed E-state index contributed by atoms with van der Waals surface area (Å²) in [4.78, 5) is 12.0. The van der Waals surface area contributed by atoms with Crippen LogP contribution in [0.5, 0.6) is 0 Å². The molecule has 0 atom stereocenters. The number of carbonyl (C=O) groups is 1. The minimum Gasteiger partial charge on any atom is -0.416 e. The number of aryl methyl sites for hydroxylation is 1. The molecular formula is C20H21N3O2. The number of anilines is 1. The molecule has 0 bridgehead atoms. The van der Waals surface area contributed by atoms with Crippen molar-refractivity contribution in [3.8, 4) is 22.9 Å². The normalized spacial score (nSPS) is 11.4. The van der Waals surface area contributed by atoms with Crippen molar-refractivity contribution in [3.63, 3.8) is 0 Å². The van der Waals surface area contributed by atoms with Gasteiger partial charge in [-0.25, -0.2) is 0 Å². The van der Waals surface area contributed by atoms with Crippen molar-refractivity contribution < 1.29 is 9.21 Å². The first-order valence-corrected chi connectivity index (χ1v) is 8.16. The quantitative estimate of drug-likeness (QED) is 0.753. The van der Waals surface area contributed by atoms with E-state index in [-0.39, 0.29) is 5.91 Å². The van der Waals surface area contributed by atoms with E-state index in [1.54, 1.807) is 0 Å². The summed E-state index contributed by atoms with van der Waals surface area (Å²) in [6.07, 6.45) is 0. The fraction of sp³-hybridized carbons (Fsp3) is 0.250. The molecule has 0 spiro atoms. The van der Waals surface area contributed by atoms with Crippen LogP contribution in [-0.4, -0.2) is 16.1 Å². The van der Waals surface area contributed by atoms with E-state index in [4.69, 9.17) is 4.42 Å². The van der Waals surface area contributed by atoms with Gasteiger partial charge in [-0.3, -0.25) is 4.79 Å². The van der Waals surface area contributed by atoms with Crippen molar-refractivity contribution in [1.82, 2.24) is 10.2 Å². The average molecular weight is 335 g/mol. The Labute approximate surface area is 147 Å². The Morgan fingerprint density at radius 3 is 2.24 bits per heavy atom. The first-order chi connectivity index (χ1) is 11.8. The van der Waals surface area contributed by atoms with Crippen molar-refractivity contribution >= 4 is 11.6 Å². The summed E-state index contributed by atoms with van der Waals surface area (Å²) in [5.74, 6) is 0.921. The highest BCUT2D eigenvalue weighted by Crippen LogP contribution is 2.27. The van der Waals surface area contributed by atoms with E-state index in [9.17, 15) is 4.79 Å². The number of benzene rings is 2. The molecule has 0 radical (unpaired) electrons. The summed E-state index contributed by atoms with van der Waals surface area (Å²) in [6.45, 7) is 7.64. The predicted molar refractivity (Wildman–Crippen MR) is 98.0 cm³/mol. The van der Waals surface area contributed by atoms with Gasteiger partial charge in [0, 0.05) is 22.2 Å². The summed E-state index contributed by atoms with van der Waals surface area (Å²) in [6, 6.07) is 15.2. The van der Waals surface area contributed by atoms with Gasteiger partial charge in [-0.05, 0) is 42.8 Å². The highest BCUT2D eigenvalue weighted by atomic mass is 16.4. The molecule has 0 saturated heterocycles. The minimum atomic E-state index is -0.437. The Morgan fingerprint density at radius 1 is 0.960 bits per heavy atom. The third-order valence-corrected chi connectivity index (χ3v) is 3.87. The molecule has 3 rings (SSSR count). The molecule has 25 heavy (non-hydrogen) atoms. The summed E-state index contributed by atoms with van der Waals surface area (Å²) >= 11 is 0. The van der Waals surface area contributed by atoms with Crippen LogP contribution >= 0.6 is 0 Å². The molecule has 1 amide bonds. The SMILES string of the molecule is Cc1ccccc1-c1nnc(-c2ccc(NC(=O)C(C)(C)C)cc2)o1. The fourth-order valence-corrected chi connectivity index (χ4v) is 2.28. The van der Waals surface area contributed by atoms with Crippen LogP contribution in [0.3, 0.4) is 0 Å². The lowest BCUT2D eigenvalue weighted by Crippen LogP contribution is -2.27. The van der Waals surface area contributed by atoms with E-state index in [0.717, 1.165) is 22.4 Å². The molecule has 0 aliphatic rings. The zero-order valence-corrected chi connectivity index (χ0v) is 14.8. The molecule has 2 aromatic carbocycles. The Balaban J connectivity index is 1.80. The van der Waals surface area contributed by atoms with E-state index in [1.165, 1.54) is 0 Å². The van der Waals surface area contributed by atoms with Crippen LogP contribution in [0.2, 0.25) is 0 Å². The van der Waals surface area contributed by atoms with Crippen molar-refractivity contribution in [2.45, 2.75) is 27.7 Å². The van der Waals surface area contributed by atoms with Crippen LogP contribution in [0.4, 0.5) is 5.69 Å². The second kappa shape index (κ2) is 6.51. The van der Waals surface area contributed by atoms with Crippen molar-refractivity contribution in [1.29, 1.82) is 0 Å². The second-order valence-electron chi connectivity index (χ2n) is 7.01. The molecule has 1 aromatic heterocycles. The van der Waals surface area contributed by atoms with Gasteiger partial charge >= 0.3 is 0 Å². The first-order valence-electron chi connectivity index (χ1n) is 8.16. The fourth-order valence-electron chi connectivity index (χ4n) is 2.28. The molecular weight excluding hydrogens is 314 g/mol. The van der Waals surface area contributed by atoms with Gasteiger partial charge in [-0.2, -0.15) is 0 Å². The van der Waals surface area contributed by atoms with Crippen LogP contribution in [-0.2, 0) is 4.79 Å². The largest absolute Gasteiger partial charge is 0.416 e. The number of rotatable bonds is 3. The van der Waals surface area contributed by atoms with Crippen LogP contribution in [0, 0.1) is 12.3 Å². The van der Waals surface area contributed by atoms with Gasteiger partial charge in [0.05, 0.1) is 0 Å². The molecule has 0 unspecified atom stereocenters. The highest BCUT2D eigenvalue weighted by Gasteiger charge is 2.21. The van der Waals surface area contributed by atoms with Crippen molar-refractivity contribution in [3.05, 3.63) is 54.1 Å². The zero-order valence-electron chi connectivity index (χ0n) is 14.8. The Bertz CT molecular complexity index is 890. The van der Waals surface area contributed by atoms with E-state index in [2.05, 4.69) is 15.5 Å². The van der Waals surface area contributed by atoms with Crippen LogP contribution < -0.4 is 5.32 Å². The number of carbonyl (C=O) groups excluding carboxylic acids is 1. The van der Waals surface area contributed by atoms with E-state index in [0.29, 0.717) is 11.8 Å². The number of nitrogens with one attached hydrogen (secondary N) is 1. The maximum atomic E-state index is 12.0. The molecule has 128 valence electrons. The molecule has 5 nitrogen and oxygen atoms in total. The number of hydrogen-bond donors (Lipinski definition) is 1. The lowest BCUT2D eigenvalue weighted by Gasteiger charge is -2.17. The molecule has 0 fully saturated rings. The lowest BCUT2D eigenvalue weighted by atomic mass is 9.95. The van der Waals surface area contributed by atoms with Gasteiger partial charge < -0.3 is 9.73 Å². The van der Waals surface area contributed by atoms with Gasteiger partial charge in [-0.15, -0.1) is 10.2 Å². The Kier molecular flexibility index (Phi) is 4.40. The topological polar surface area (TPSA) is 68.0 Å². The molecule has 0 aliphatic carbocycles. The second-order valence-corrected chi connectivity index (χ2v) is 7.01. The van der Waals surface area contributed by atoms with Gasteiger partial charge in [0.15, 0.2) is 0 Å². The maximum absolute atomic E-state index is 12.0. The standard InChI is InChI=1S/C20H21N3O2/c1-13-7-5-6-8-16(13)18-23-22-17(25-18)14-9-11-15(12-10-14)21-19(24)20(2,3)4/h5-12H,1-4H3,(H,21,24). The Morgan fingerprint density at radius 2 is 1.60 bits per heavy atom. The smallest absolute Gasteiger partial charge is 0.248 e. The number of aromatic nitrogens is 2. The van der Waals surface area contributed by atoms with E-state index in [1.807, 2.05) is 76.2 Å². The summed E-state index contributed by atoms with van der Waals surface area (Å²) < 4.78 is 5.80. The highest BCUT2D eigenvalue weighted by molar-refractivity contribution is 5.94. The van der Waals surface area contributed by atoms with Gasteiger partial charge in [0.1, 0.15) is 0 Å². The lowest BCUT2D eigenvalue weighted by molar-refractivity contribution is -0.123. The molecule has 0 saturated carbocycles. The van der Waals surface area contributed by atoms with Crippen LogP contribution in [0.25, 0.3) is 22.9 Å². The number of hydrogen-bond acceptors (Lipinski definition) is 4. The molecule has 1 N–H and O–H groups in total. The number of amides is 1. The maximum Gasteiger partial charge on any atom is 0.248 e. The first kappa shape index (κ1) is 16.9. The molecule has 5 heteroatoms. The van der Waals surface area contributed by atoms with Gasteiger partial charge in [0.2, 0.25) is 17.7 Å². The van der Waals surface area contributed by atoms with Crippen LogP contribution in [0.1, 0.15) is 26.3 Å².